The van der Waals surface area contributed by atoms with E-state index in [1.807, 2.05) is 121 Å². The van der Waals surface area contributed by atoms with Crippen molar-refractivity contribution in [3.05, 3.63) is 121 Å². The number of hydrogen-bond acceptors (Lipinski definition) is 11. The maximum atomic E-state index is 12.4. The first-order valence-corrected chi connectivity index (χ1v) is 23.7. The molecule has 0 unspecified atom stereocenters. The molecule has 74 heavy (non-hydrogen) atoms. The summed E-state index contributed by atoms with van der Waals surface area (Å²) in [5, 5.41) is 20.9. The van der Waals surface area contributed by atoms with Crippen molar-refractivity contribution in [2.45, 2.75) is 27.7 Å². The molecular weight excluding hydrogens is 972 g/mol. The van der Waals surface area contributed by atoms with Crippen molar-refractivity contribution in [1.82, 2.24) is 39.9 Å². The second kappa shape index (κ2) is 17.6. The zero-order valence-corrected chi connectivity index (χ0v) is 41.0. The van der Waals surface area contributed by atoms with E-state index in [4.69, 9.17) is 43.5 Å². The Morgan fingerprint density at radius 1 is 0.338 bits per heavy atom. The Hall–Kier alpha value is -9.58. The predicted molar refractivity (Wildman–Crippen MR) is 282 cm³/mol. The van der Waals surface area contributed by atoms with Gasteiger partial charge in [-0.2, -0.15) is 0 Å². The third-order valence-corrected chi connectivity index (χ3v) is 12.9. The van der Waals surface area contributed by atoms with E-state index in [-0.39, 0.29) is 23.6 Å². The van der Waals surface area contributed by atoms with Gasteiger partial charge in [-0.1, -0.05) is 48.5 Å². The van der Waals surface area contributed by atoms with E-state index < -0.39 is 0 Å². The minimum atomic E-state index is -0.217. The molecule has 4 amide bonds. The van der Waals surface area contributed by atoms with Crippen LogP contribution in [0, 0.1) is 0 Å². The van der Waals surface area contributed by atoms with Crippen molar-refractivity contribution < 1.29 is 40.2 Å². The van der Waals surface area contributed by atoms with E-state index in [9.17, 15) is 19.2 Å². The van der Waals surface area contributed by atoms with Crippen LogP contribution < -0.4 is 31.2 Å². The summed E-state index contributed by atoms with van der Waals surface area (Å²) in [6.07, 6.45) is 0. The molecule has 5 heterocycles. The Morgan fingerprint density at radius 3 is 0.892 bits per heavy atom. The zero-order valence-electron chi connectivity index (χ0n) is 39.6. The molecular formula is C56H36N12O5V. The van der Waals surface area contributed by atoms with Crippen LogP contribution in [0.25, 0.3) is 133 Å². The van der Waals surface area contributed by atoms with E-state index >= 15 is 0 Å². The number of aromatic nitrogens is 8. The molecule has 0 spiro atoms. The number of fused-ring (bicyclic) bond motifs is 24. The van der Waals surface area contributed by atoms with Crippen molar-refractivity contribution in [1.29, 1.82) is 0 Å². The van der Waals surface area contributed by atoms with Gasteiger partial charge in [-0.3, -0.25) is 19.2 Å². The number of amides is 4. The number of benzene rings is 8. The first-order chi connectivity index (χ1) is 35.9. The van der Waals surface area contributed by atoms with Crippen LogP contribution in [-0.4, -0.2) is 53.5 Å². The van der Waals surface area contributed by atoms with E-state index in [1.165, 1.54) is 27.7 Å². The summed E-state index contributed by atoms with van der Waals surface area (Å²) < 4.78 is 8.19. The van der Waals surface area contributed by atoms with Crippen LogP contribution in [0.3, 0.4) is 0 Å². The summed E-state index contributed by atoms with van der Waals surface area (Å²) in [6, 6.07) is 38.4. The summed E-state index contributed by atoms with van der Waals surface area (Å²) in [5.74, 6) is 0.408. The van der Waals surface area contributed by atoms with Crippen LogP contribution >= 0.6 is 0 Å². The molecule has 355 valence electrons. The fourth-order valence-corrected chi connectivity index (χ4v) is 9.94. The molecule has 0 saturated carbocycles. The Kier molecular flexibility index (Phi) is 10.8. The van der Waals surface area contributed by atoms with Crippen LogP contribution in [-0.2, 0) is 40.2 Å². The monoisotopic (exact) mass is 1010 g/mol. The predicted octanol–water partition coefficient (Wildman–Crippen LogP) is 10.5. The molecule has 18 heteroatoms. The van der Waals surface area contributed by atoms with Gasteiger partial charge in [-0.25, -0.2) is 9.97 Å². The van der Waals surface area contributed by atoms with Gasteiger partial charge in [0.2, 0.25) is 23.6 Å². The first-order valence-electron chi connectivity index (χ1n) is 23.2. The third-order valence-electron chi connectivity index (χ3n) is 12.9. The van der Waals surface area contributed by atoms with E-state index in [0.717, 1.165) is 60.5 Å². The maximum absolute atomic E-state index is 12.4. The molecule has 2 aliphatic heterocycles. The Morgan fingerprint density at radius 2 is 0.595 bits per heavy atom. The minimum absolute atomic E-state index is 0.217. The van der Waals surface area contributed by atoms with E-state index in [2.05, 4.69) is 21.3 Å². The topological polar surface area (TPSA) is 239 Å². The summed E-state index contributed by atoms with van der Waals surface area (Å²) in [5.41, 5.74) is 6.38. The molecule has 0 aliphatic carbocycles. The molecule has 4 N–H and O–H groups in total. The fourth-order valence-electron chi connectivity index (χ4n) is 9.94. The van der Waals surface area contributed by atoms with Gasteiger partial charge in [0, 0.05) is 117 Å². The summed E-state index contributed by atoms with van der Waals surface area (Å²) in [6.45, 7) is 5.87. The van der Waals surface area contributed by atoms with Crippen molar-refractivity contribution in [2.24, 2.45) is 0 Å². The number of carbonyl (C=O) groups is 4. The number of nitrogens with one attached hydrogen (secondary N) is 4. The number of hydrogen-bond donors (Lipinski definition) is 4. The van der Waals surface area contributed by atoms with Crippen LogP contribution in [0.1, 0.15) is 27.7 Å². The third kappa shape index (κ3) is 7.74. The van der Waals surface area contributed by atoms with Crippen molar-refractivity contribution >= 4 is 134 Å². The van der Waals surface area contributed by atoms with Crippen molar-refractivity contribution in [3.8, 4) is 45.6 Å². The van der Waals surface area contributed by atoms with Gasteiger partial charge in [0.05, 0.1) is 23.3 Å². The Balaban J connectivity index is 0.00000275. The molecule has 0 saturated heterocycles. The van der Waals surface area contributed by atoms with Gasteiger partial charge >= 0.3 is 21.0 Å². The van der Waals surface area contributed by atoms with Crippen LogP contribution in [0.15, 0.2) is 121 Å². The summed E-state index contributed by atoms with van der Waals surface area (Å²) in [7, 11) is 0. The molecule has 11 aromatic rings. The average Bonchev–Trinajstić information content (AvgIpc) is 4.09. The molecule has 0 fully saturated rings. The molecule has 8 bridgehead atoms. The fraction of sp³-hybridized carbons (Fsp3) is 0.0714. The quantitative estimate of drug-likeness (QED) is 0.128. The number of rotatable bonds is 4. The molecule has 17 nitrogen and oxygen atoms in total. The van der Waals surface area contributed by atoms with Gasteiger partial charge in [-0.05, 0) is 116 Å². The second-order valence-corrected chi connectivity index (χ2v) is 17.9. The normalized spacial score (nSPS) is 11.6. The summed E-state index contributed by atoms with van der Waals surface area (Å²) in [4.78, 5) is 91.4. The van der Waals surface area contributed by atoms with Crippen LogP contribution in [0.2, 0.25) is 0 Å². The molecule has 2 aliphatic rings. The van der Waals surface area contributed by atoms with Gasteiger partial charge < -0.3 is 51.2 Å². The van der Waals surface area contributed by atoms with Gasteiger partial charge in [0.25, 0.3) is 0 Å². The second-order valence-electron chi connectivity index (χ2n) is 17.9. The average molecular weight is 1010 g/mol. The Labute approximate surface area is 427 Å². The zero-order chi connectivity index (χ0) is 51.1. The van der Waals surface area contributed by atoms with E-state index in [1.54, 1.807) is 0 Å². The van der Waals surface area contributed by atoms with Crippen LogP contribution in [0.5, 0.6) is 0 Å². The Bertz CT molecular complexity index is 4250. The first kappa shape index (κ1) is 45.6. The van der Waals surface area contributed by atoms with Crippen molar-refractivity contribution in [2.75, 3.05) is 21.3 Å². The molecule has 0 atom stereocenters. The standard InChI is InChI=1S/C56H38N12O4.O.V/c1-25(69)57-45-13-5-9-29-17-37-41(21-33(29)45)53-61-49(37)66-54-43-23-35-31(11-7-15-47(35)59-27(3)71)19-39(43)51(63-54)68-56-44-24-36-32(12-8-16-48(36)60-28(4)72)20-40(44)52(64-56)67-55-42-22-34-30(18-38(42)50(62-55)65-53)10-6-14-46(34)58-26(2)70;;/h5-24H,1-4H3,(H6,57,58,59,60,61,62,63,64,65,66,67,68,69,70,71,72);;/q;;+2/p-2. The number of anilines is 4. The molecule has 3 aromatic heterocycles. The van der Waals surface area contributed by atoms with Gasteiger partial charge in [-0.15, -0.1) is 0 Å². The molecule has 13 rings (SSSR count). The van der Waals surface area contributed by atoms with Gasteiger partial charge in [0.15, 0.2) is 0 Å². The SMILES string of the molecule is CC(=O)Nc1cccc2cc3c(cc12)-c1nc-3nc2[n-]c(nc3nc(nc4[n-]c(n1)c1cc5cccc(NC(C)=O)c5cc41)-c1cc4cccc(NC(C)=O)c4cc1-3)c1cc3cccc(NC(C)=O)c3cc21.[O]=[V+2]. The van der Waals surface area contributed by atoms with E-state index in [0.29, 0.717) is 112 Å². The van der Waals surface area contributed by atoms with Crippen LogP contribution in [0.4, 0.5) is 22.7 Å². The molecule has 0 radical (unpaired) electrons. The number of carbonyl (C=O) groups excluding carboxylic acids is 4. The molecule has 8 aromatic carbocycles. The van der Waals surface area contributed by atoms with Gasteiger partial charge in [0.1, 0.15) is 0 Å². The summed E-state index contributed by atoms with van der Waals surface area (Å²) >= 11 is 1.06. The number of nitrogens with zero attached hydrogens (tertiary/aromatic N) is 8. The van der Waals surface area contributed by atoms with Crippen molar-refractivity contribution in [3.63, 3.8) is 0 Å².